The van der Waals surface area contributed by atoms with E-state index >= 15 is 0 Å². The van der Waals surface area contributed by atoms with Crippen molar-refractivity contribution in [1.82, 2.24) is 3.71 Å². The molecule has 82 valence electrons. The van der Waals surface area contributed by atoms with Gasteiger partial charge in [0.15, 0.2) is 0 Å². The van der Waals surface area contributed by atoms with Crippen molar-refractivity contribution in [3.05, 3.63) is 12.2 Å². The summed E-state index contributed by atoms with van der Waals surface area (Å²) in [6.07, 6.45) is 18.6. The van der Waals surface area contributed by atoms with Gasteiger partial charge in [0.05, 0.1) is 0 Å². The van der Waals surface area contributed by atoms with E-state index in [0.29, 0.717) is 0 Å². The van der Waals surface area contributed by atoms with Crippen LogP contribution in [0.2, 0.25) is 0 Å². The Morgan fingerprint density at radius 3 is 1.54 bits per heavy atom. The highest BCUT2D eigenvalue weighted by atomic mass is 32.3. The van der Waals surface area contributed by atoms with Gasteiger partial charge in [0.25, 0.3) is 0 Å². The van der Waals surface area contributed by atoms with E-state index in [0.717, 1.165) is 6.54 Å². The first kappa shape index (κ1) is 13.4. The van der Waals surface area contributed by atoms with Crippen molar-refractivity contribution < 1.29 is 0 Å². The van der Waals surface area contributed by atoms with Crippen molar-refractivity contribution >= 4 is 20.4 Å². The Balaban J connectivity index is 4.57. The topological polar surface area (TPSA) is 3.24 Å². The molecule has 0 saturated heterocycles. The van der Waals surface area contributed by atoms with Gasteiger partial charge in [-0.1, -0.05) is 12.2 Å². The van der Waals surface area contributed by atoms with E-state index in [-0.39, 0.29) is 0 Å². The van der Waals surface area contributed by atoms with Crippen molar-refractivity contribution in [1.29, 1.82) is 0 Å². The van der Waals surface area contributed by atoms with E-state index in [4.69, 9.17) is 0 Å². The molecule has 0 heterocycles. The summed E-state index contributed by atoms with van der Waals surface area (Å²) in [7, 11) is -1.15. The Morgan fingerprint density at radius 1 is 0.923 bits per heavy atom. The van der Waals surface area contributed by atoms with Gasteiger partial charge in [-0.3, -0.25) is 0 Å². The minimum atomic E-state index is -0.576. The zero-order valence-electron chi connectivity index (χ0n) is 10.1. The van der Waals surface area contributed by atoms with E-state index in [9.17, 15) is 0 Å². The summed E-state index contributed by atoms with van der Waals surface area (Å²) in [5, 5.41) is 0. The SMILES string of the molecule is C/C=C\CN(S(C)(C)C)S(C)(C)C. The maximum absolute atomic E-state index is 2.67. The monoisotopic (exact) mass is 223 g/mol. The fourth-order valence-electron chi connectivity index (χ4n) is 1.31. The van der Waals surface area contributed by atoms with Gasteiger partial charge in [-0.25, -0.2) is 3.71 Å². The van der Waals surface area contributed by atoms with Gasteiger partial charge in [-0.2, -0.15) is 20.4 Å². The lowest BCUT2D eigenvalue weighted by Gasteiger charge is -2.50. The first-order valence-electron chi connectivity index (χ1n) is 4.45. The maximum Gasteiger partial charge on any atom is 0.0349 e. The van der Waals surface area contributed by atoms with Gasteiger partial charge >= 0.3 is 0 Å². The second-order valence-corrected chi connectivity index (χ2v) is 12.8. The normalized spacial score (nSPS) is 16.9. The van der Waals surface area contributed by atoms with Crippen LogP contribution in [-0.2, 0) is 0 Å². The Bertz CT molecular complexity index is 160. The Hall–Kier alpha value is 0.400. The van der Waals surface area contributed by atoms with Gasteiger partial charge in [-0.05, 0) is 44.5 Å². The zero-order valence-corrected chi connectivity index (χ0v) is 11.8. The fraction of sp³-hybridized carbons (Fsp3) is 0.800. The van der Waals surface area contributed by atoms with Crippen LogP contribution in [0.3, 0.4) is 0 Å². The summed E-state index contributed by atoms with van der Waals surface area (Å²) < 4.78 is 2.67. The molecular formula is C10H25NS2. The molecule has 0 aromatic heterocycles. The van der Waals surface area contributed by atoms with Crippen LogP contribution < -0.4 is 0 Å². The first-order chi connectivity index (χ1) is 5.69. The lowest BCUT2D eigenvalue weighted by atomic mass is 10.5. The number of allylic oxidation sites excluding steroid dienone is 1. The van der Waals surface area contributed by atoms with Gasteiger partial charge in [0.2, 0.25) is 0 Å². The molecule has 0 atom stereocenters. The number of hydrogen-bond acceptors (Lipinski definition) is 1. The molecule has 3 heteroatoms. The van der Waals surface area contributed by atoms with E-state index in [1.165, 1.54) is 0 Å². The minimum Gasteiger partial charge on any atom is -0.229 e. The predicted molar refractivity (Wildman–Crippen MR) is 72.2 cm³/mol. The van der Waals surface area contributed by atoms with Crippen molar-refractivity contribution in [2.24, 2.45) is 0 Å². The summed E-state index contributed by atoms with van der Waals surface area (Å²) in [5.41, 5.74) is 0. The smallest absolute Gasteiger partial charge is 0.0349 e. The van der Waals surface area contributed by atoms with Crippen LogP contribution in [0.4, 0.5) is 0 Å². The van der Waals surface area contributed by atoms with E-state index < -0.39 is 20.4 Å². The van der Waals surface area contributed by atoms with Crippen LogP contribution in [0.1, 0.15) is 6.92 Å². The molecule has 0 fully saturated rings. The molecule has 0 bridgehead atoms. The van der Waals surface area contributed by atoms with Crippen molar-refractivity contribution in [3.8, 4) is 0 Å². The van der Waals surface area contributed by atoms with Crippen LogP contribution in [-0.4, -0.2) is 47.8 Å². The molecule has 0 rings (SSSR count). The molecule has 0 aromatic carbocycles. The van der Waals surface area contributed by atoms with Crippen LogP contribution >= 0.6 is 20.4 Å². The number of nitrogens with zero attached hydrogens (tertiary/aromatic N) is 1. The van der Waals surface area contributed by atoms with Crippen molar-refractivity contribution in [3.63, 3.8) is 0 Å². The lowest BCUT2D eigenvalue weighted by molar-refractivity contribution is 0.809. The summed E-state index contributed by atoms with van der Waals surface area (Å²) in [6, 6.07) is 0. The molecule has 0 amide bonds. The number of rotatable bonds is 4. The van der Waals surface area contributed by atoms with Crippen molar-refractivity contribution in [2.45, 2.75) is 6.92 Å². The van der Waals surface area contributed by atoms with Crippen LogP contribution in [0.5, 0.6) is 0 Å². The standard InChI is InChI=1S/C10H25NS2/c1-8-9-10-11(12(2,3)4)13(5,6)7/h8-9H,10H2,1-7H3/b9-8-. The molecular weight excluding hydrogens is 198 g/mol. The molecule has 0 spiro atoms. The molecule has 0 aliphatic heterocycles. The molecule has 1 nitrogen and oxygen atoms in total. The van der Waals surface area contributed by atoms with Gasteiger partial charge in [-0.15, -0.1) is 0 Å². The molecule has 0 unspecified atom stereocenters. The third-order valence-electron chi connectivity index (χ3n) is 1.71. The first-order valence-corrected chi connectivity index (χ1v) is 10.1. The lowest BCUT2D eigenvalue weighted by Crippen LogP contribution is -2.28. The molecule has 0 saturated carbocycles. The zero-order chi connectivity index (χ0) is 10.7. The van der Waals surface area contributed by atoms with Gasteiger partial charge in [0, 0.05) is 6.54 Å². The molecule has 0 aliphatic carbocycles. The molecule has 0 radical (unpaired) electrons. The number of hydrogen-bond donors (Lipinski definition) is 0. The Labute approximate surface area is 87.5 Å². The molecule has 13 heavy (non-hydrogen) atoms. The van der Waals surface area contributed by atoms with Crippen molar-refractivity contribution in [2.75, 3.05) is 44.1 Å². The average Bonchev–Trinajstić information content (AvgIpc) is 1.81. The molecule has 0 N–H and O–H groups in total. The third kappa shape index (κ3) is 4.99. The van der Waals surface area contributed by atoms with E-state index in [1.807, 2.05) is 0 Å². The maximum atomic E-state index is 2.67. The van der Waals surface area contributed by atoms with E-state index in [2.05, 4.69) is 60.3 Å². The fourth-order valence-corrected chi connectivity index (χ4v) is 7.74. The highest BCUT2D eigenvalue weighted by Crippen LogP contribution is 2.56. The minimum absolute atomic E-state index is 0.576. The second-order valence-electron chi connectivity index (χ2n) is 4.63. The van der Waals surface area contributed by atoms with Crippen LogP contribution in [0.25, 0.3) is 0 Å². The van der Waals surface area contributed by atoms with Crippen LogP contribution in [0.15, 0.2) is 12.2 Å². The second kappa shape index (κ2) is 4.76. The predicted octanol–water partition coefficient (Wildman–Crippen LogP) is 3.08. The highest BCUT2D eigenvalue weighted by molar-refractivity contribution is 8.43. The summed E-state index contributed by atoms with van der Waals surface area (Å²) in [4.78, 5) is 0. The summed E-state index contributed by atoms with van der Waals surface area (Å²) in [5.74, 6) is 0. The van der Waals surface area contributed by atoms with Crippen LogP contribution in [0, 0.1) is 0 Å². The van der Waals surface area contributed by atoms with E-state index in [1.54, 1.807) is 0 Å². The van der Waals surface area contributed by atoms with Gasteiger partial charge in [0.1, 0.15) is 0 Å². The van der Waals surface area contributed by atoms with Gasteiger partial charge < -0.3 is 0 Å². The average molecular weight is 223 g/mol. The quantitative estimate of drug-likeness (QED) is 0.662. The highest BCUT2D eigenvalue weighted by Gasteiger charge is 2.23. The Morgan fingerprint density at radius 2 is 1.31 bits per heavy atom. The Kier molecular flexibility index (Phi) is 4.91. The summed E-state index contributed by atoms with van der Waals surface area (Å²) in [6.45, 7) is 3.20. The third-order valence-corrected chi connectivity index (χ3v) is 7.14. The molecule has 0 aromatic rings. The largest absolute Gasteiger partial charge is 0.229 e. The summed E-state index contributed by atoms with van der Waals surface area (Å²) >= 11 is 0. The molecule has 0 aliphatic rings.